The molecule has 3 aliphatic heterocycles. The van der Waals surface area contributed by atoms with E-state index in [1.807, 2.05) is 20.8 Å². The van der Waals surface area contributed by atoms with Crippen LogP contribution in [0.5, 0.6) is 0 Å². The SMILES string of the molecule is C[C@@H]1C[C@H](C)O[C@@H]1COP(O)(=S)O[C@@H]1C[C@H](C)O[C@@H]1COP(O)(=S)O[C@@H]1C[C@H](C)O[C@@H]1CO. The Hall–Kier alpha value is 0.900. The number of aliphatic hydroxyl groups excluding tert-OH is 1. The van der Waals surface area contributed by atoms with E-state index in [1.54, 1.807) is 0 Å². The van der Waals surface area contributed by atoms with Crippen LogP contribution >= 0.6 is 13.4 Å². The first kappa shape index (κ1) is 28.5. The predicted molar refractivity (Wildman–Crippen MR) is 128 cm³/mol. The van der Waals surface area contributed by atoms with Crippen LogP contribution in [0.4, 0.5) is 0 Å². The standard InChI is InChI=1S/C19H36O10P2S2/c1-11-5-12(2)26-18(11)9-23-30(21,32)29-16-7-14(4)27-19(16)10-24-31(22,33)28-15-6-13(3)25-17(15)8-20/h11-20H,5-10H2,1-4H3,(H,21,32)(H,22,33)/t11-,12+,13+,14+,15-,16-,17-,18-,19-,30?,31?/m1/s1. The Labute approximate surface area is 205 Å². The van der Waals surface area contributed by atoms with E-state index >= 15 is 0 Å². The quantitative estimate of drug-likeness (QED) is 0.327. The molecule has 33 heavy (non-hydrogen) atoms. The molecule has 0 aromatic rings. The molecule has 3 rings (SSSR count). The Balaban J connectivity index is 1.50. The topological polar surface area (TPSA) is 125 Å². The molecule has 10 nitrogen and oxygen atoms in total. The molecular formula is C19H36O10P2S2. The lowest BCUT2D eigenvalue weighted by molar-refractivity contribution is -0.0289. The molecule has 0 spiro atoms. The summed E-state index contributed by atoms with van der Waals surface area (Å²) in [5, 5.41) is 9.43. The van der Waals surface area contributed by atoms with Crippen molar-refractivity contribution in [2.24, 2.45) is 5.92 Å². The summed E-state index contributed by atoms with van der Waals surface area (Å²) < 4.78 is 39.6. The van der Waals surface area contributed by atoms with Crippen LogP contribution in [0, 0.1) is 5.92 Å². The lowest BCUT2D eigenvalue weighted by Gasteiger charge is -2.27. The summed E-state index contributed by atoms with van der Waals surface area (Å²) in [4.78, 5) is 21.1. The van der Waals surface area contributed by atoms with Crippen LogP contribution in [-0.4, -0.2) is 83.5 Å². The van der Waals surface area contributed by atoms with E-state index in [2.05, 4.69) is 6.92 Å². The average Bonchev–Trinajstić information content (AvgIpc) is 3.33. The monoisotopic (exact) mass is 550 g/mol. The van der Waals surface area contributed by atoms with Crippen LogP contribution in [-0.2, 0) is 55.9 Å². The molecule has 3 fully saturated rings. The molecule has 11 atom stereocenters. The second-order valence-electron chi connectivity index (χ2n) is 9.14. The highest BCUT2D eigenvalue weighted by Gasteiger charge is 2.41. The van der Waals surface area contributed by atoms with Gasteiger partial charge in [-0.1, -0.05) is 6.92 Å². The summed E-state index contributed by atoms with van der Waals surface area (Å²) in [7, 11) is 0. The van der Waals surface area contributed by atoms with Gasteiger partial charge in [0.1, 0.15) is 12.2 Å². The summed E-state index contributed by atoms with van der Waals surface area (Å²) >= 11 is 10.4. The maximum Gasteiger partial charge on any atom is 0.324 e. The largest absolute Gasteiger partial charge is 0.394 e. The van der Waals surface area contributed by atoms with Crippen molar-refractivity contribution in [3.05, 3.63) is 0 Å². The summed E-state index contributed by atoms with van der Waals surface area (Å²) in [6, 6.07) is 0. The number of ether oxygens (including phenoxy) is 3. The summed E-state index contributed by atoms with van der Waals surface area (Å²) in [5.41, 5.74) is 0. The zero-order valence-corrected chi connectivity index (χ0v) is 22.8. The molecule has 194 valence electrons. The number of hydrogen-bond donors (Lipinski definition) is 3. The predicted octanol–water partition coefficient (Wildman–Crippen LogP) is 2.38. The minimum absolute atomic E-state index is 0.106. The van der Waals surface area contributed by atoms with Gasteiger partial charge >= 0.3 is 13.4 Å². The first-order chi connectivity index (χ1) is 15.4. The van der Waals surface area contributed by atoms with Gasteiger partial charge in [0.2, 0.25) is 0 Å². The van der Waals surface area contributed by atoms with Gasteiger partial charge in [-0.2, -0.15) is 0 Å². The molecule has 3 heterocycles. The number of rotatable bonds is 11. The van der Waals surface area contributed by atoms with Crippen molar-refractivity contribution in [2.75, 3.05) is 19.8 Å². The molecule has 0 aliphatic carbocycles. The van der Waals surface area contributed by atoms with Crippen molar-refractivity contribution < 1.29 is 47.2 Å². The van der Waals surface area contributed by atoms with Gasteiger partial charge in [-0.25, -0.2) is 0 Å². The molecule has 0 aromatic heterocycles. The molecule has 0 aromatic carbocycles. The van der Waals surface area contributed by atoms with E-state index in [4.69, 9.17) is 55.9 Å². The highest BCUT2D eigenvalue weighted by molar-refractivity contribution is 8.07. The zero-order chi connectivity index (χ0) is 24.4. The van der Waals surface area contributed by atoms with Gasteiger partial charge in [-0.15, -0.1) is 0 Å². The minimum atomic E-state index is -3.63. The lowest BCUT2D eigenvalue weighted by Crippen LogP contribution is -2.30. The molecule has 3 saturated heterocycles. The molecule has 3 aliphatic rings. The third kappa shape index (κ3) is 8.47. The van der Waals surface area contributed by atoms with E-state index in [9.17, 15) is 14.9 Å². The maximum atomic E-state index is 10.6. The van der Waals surface area contributed by atoms with E-state index < -0.39 is 37.9 Å². The highest BCUT2D eigenvalue weighted by atomic mass is 32.5. The van der Waals surface area contributed by atoms with Crippen molar-refractivity contribution in [3.8, 4) is 0 Å². The Morgan fingerprint density at radius 3 is 1.64 bits per heavy atom. The van der Waals surface area contributed by atoms with Crippen molar-refractivity contribution in [1.82, 2.24) is 0 Å². The fourth-order valence-electron chi connectivity index (χ4n) is 4.48. The van der Waals surface area contributed by atoms with Gasteiger partial charge in [0.25, 0.3) is 0 Å². The average molecular weight is 551 g/mol. The molecule has 0 saturated carbocycles. The second kappa shape index (κ2) is 12.0. The van der Waals surface area contributed by atoms with Crippen molar-refractivity contribution >= 4 is 37.1 Å². The second-order valence-corrected chi connectivity index (χ2v) is 14.7. The lowest BCUT2D eigenvalue weighted by atomic mass is 10.0. The van der Waals surface area contributed by atoms with Gasteiger partial charge in [-0.05, 0) is 56.7 Å². The van der Waals surface area contributed by atoms with Crippen molar-refractivity contribution in [1.29, 1.82) is 0 Å². The van der Waals surface area contributed by atoms with E-state index in [-0.39, 0.29) is 44.2 Å². The Bertz CT molecular complexity index is 745. The van der Waals surface area contributed by atoms with Gasteiger partial charge in [0, 0.05) is 12.8 Å². The van der Waals surface area contributed by atoms with Crippen molar-refractivity contribution in [2.45, 2.75) is 95.8 Å². The zero-order valence-electron chi connectivity index (χ0n) is 19.3. The Kier molecular flexibility index (Phi) is 10.3. The fourth-order valence-corrected chi connectivity index (χ4v) is 7.42. The van der Waals surface area contributed by atoms with E-state index in [1.165, 1.54) is 0 Å². The van der Waals surface area contributed by atoms with Crippen molar-refractivity contribution in [3.63, 3.8) is 0 Å². The molecule has 0 radical (unpaired) electrons. The Morgan fingerprint density at radius 2 is 1.15 bits per heavy atom. The number of aliphatic hydroxyl groups is 1. The summed E-state index contributed by atoms with van der Waals surface area (Å²) in [6.45, 7) is 0.416. The summed E-state index contributed by atoms with van der Waals surface area (Å²) in [5.74, 6) is 0.304. The molecular weight excluding hydrogens is 514 g/mol. The Morgan fingerprint density at radius 1 is 0.727 bits per heavy atom. The molecule has 3 N–H and O–H groups in total. The molecule has 2 unspecified atom stereocenters. The van der Waals surface area contributed by atoms with Crippen LogP contribution < -0.4 is 0 Å². The fraction of sp³-hybridized carbons (Fsp3) is 1.00. The first-order valence-corrected chi connectivity index (χ1v) is 16.4. The van der Waals surface area contributed by atoms with Crippen LogP contribution in [0.2, 0.25) is 0 Å². The maximum absolute atomic E-state index is 10.6. The highest BCUT2D eigenvalue weighted by Crippen LogP contribution is 2.51. The molecule has 0 amide bonds. The molecule has 14 heteroatoms. The van der Waals surface area contributed by atoms with E-state index in [0.29, 0.717) is 18.8 Å². The third-order valence-electron chi connectivity index (χ3n) is 6.04. The number of hydrogen-bond acceptors (Lipinski definition) is 10. The minimum Gasteiger partial charge on any atom is -0.394 e. The van der Waals surface area contributed by atoms with Gasteiger partial charge in [0.15, 0.2) is 0 Å². The van der Waals surface area contributed by atoms with Crippen LogP contribution in [0.15, 0.2) is 0 Å². The normalized spacial score (nSPS) is 42.9. The van der Waals surface area contributed by atoms with E-state index in [0.717, 1.165) is 6.42 Å². The van der Waals surface area contributed by atoms with Crippen LogP contribution in [0.25, 0.3) is 0 Å². The molecule has 0 bridgehead atoms. The van der Waals surface area contributed by atoms with Gasteiger partial charge in [-0.3, -0.25) is 0 Å². The van der Waals surface area contributed by atoms with Crippen LogP contribution in [0.3, 0.4) is 0 Å². The van der Waals surface area contributed by atoms with Gasteiger partial charge < -0.3 is 47.2 Å². The summed E-state index contributed by atoms with van der Waals surface area (Å²) in [6.07, 6.45) is -0.730. The smallest absolute Gasteiger partial charge is 0.324 e. The first-order valence-electron chi connectivity index (χ1n) is 11.3. The third-order valence-corrected chi connectivity index (χ3v) is 9.21. The van der Waals surface area contributed by atoms with Crippen LogP contribution in [0.1, 0.15) is 47.0 Å². The van der Waals surface area contributed by atoms with Gasteiger partial charge in [0.05, 0.1) is 56.4 Å².